The van der Waals surface area contributed by atoms with Gasteiger partial charge in [0.25, 0.3) is 5.69 Å². The second-order valence-corrected chi connectivity index (χ2v) is 4.60. The van der Waals surface area contributed by atoms with Crippen LogP contribution in [0.15, 0.2) is 35.9 Å². The van der Waals surface area contributed by atoms with Crippen LogP contribution in [0.5, 0.6) is 0 Å². The number of nitrogens with zero attached hydrogens (tertiary/aromatic N) is 1. The van der Waals surface area contributed by atoms with Crippen molar-refractivity contribution in [3.8, 4) is 0 Å². The molecule has 18 heavy (non-hydrogen) atoms. The zero-order chi connectivity index (χ0) is 13.0. The van der Waals surface area contributed by atoms with Crippen molar-refractivity contribution in [2.45, 2.75) is 32.3 Å². The lowest BCUT2D eigenvalue weighted by Crippen LogP contribution is -2.08. The molecule has 0 amide bonds. The molecular weight excluding hydrogens is 230 g/mol. The first-order chi connectivity index (χ1) is 8.66. The van der Waals surface area contributed by atoms with Crippen LogP contribution in [0.25, 0.3) is 0 Å². The average Bonchev–Trinajstić information content (AvgIpc) is 2.34. The molecule has 0 fully saturated rings. The van der Waals surface area contributed by atoms with Gasteiger partial charge in [-0.05, 0) is 43.9 Å². The van der Waals surface area contributed by atoms with E-state index in [4.69, 9.17) is 4.74 Å². The smallest absolute Gasteiger partial charge is 0.269 e. The summed E-state index contributed by atoms with van der Waals surface area (Å²) in [4.78, 5) is 10.2. The van der Waals surface area contributed by atoms with Gasteiger partial charge in [0.1, 0.15) is 0 Å². The summed E-state index contributed by atoms with van der Waals surface area (Å²) in [5.74, 6) is 0. The maximum Gasteiger partial charge on any atom is 0.269 e. The summed E-state index contributed by atoms with van der Waals surface area (Å²) in [6.07, 6.45) is 5.22. The highest BCUT2D eigenvalue weighted by atomic mass is 16.6. The predicted octanol–water partition coefficient (Wildman–Crippen LogP) is 3.78. The molecule has 4 nitrogen and oxygen atoms in total. The van der Waals surface area contributed by atoms with Crippen molar-refractivity contribution >= 4 is 5.69 Å². The Labute approximate surface area is 106 Å². The second-order valence-electron chi connectivity index (χ2n) is 4.60. The number of ether oxygens (including phenoxy) is 1. The van der Waals surface area contributed by atoms with Gasteiger partial charge in [0.2, 0.25) is 0 Å². The van der Waals surface area contributed by atoms with Crippen LogP contribution >= 0.6 is 0 Å². The third kappa shape index (κ3) is 3.17. The van der Waals surface area contributed by atoms with Gasteiger partial charge in [-0.2, -0.15) is 0 Å². The summed E-state index contributed by atoms with van der Waals surface area (Å²) in [5, 5.41) is 10.6. The number of non-ortho nitro benzene ring substituents is 1. The molecule has 1 aliphatic rings. The highest BCUT2D eigenvalue weighted by molar-refractivity contribution is 5.34. The van der Waals surface area contributed by atoms with Crippen LogP contribution in [0, 0.1) is 10.1 Å². The predicted molar refractivity (Wildman–Crippen MR) is 69.4 cm³/mol. The van der Waals surface area contributed by atoms with E-state index in [9.17, 15) is 10.1 Å². The molecule has 1 aliphatic heterocycles. The zero-order valence-corrected chi connectivity index (χ0v) is 10.5. The monoisotopic (exact) mass is 247 g/mol. The Morgan fingerprint density at radius 1 is 1.33 bits per heavy atom. The summed E-state index contributed by atoms with van der Waals surface area (Å²) >= 11 is 0. The van der Waals surface area contributed by atoms with Crippen molar-refractivity contribution in [3.63, 3.8) is 0 Å². The molecule has 2 rings (SSSR count). The molecule has 0 saturated carbocycles. The first-order valence-electron chi connectivity index (χ1n) is 6.18. The van der Waals surface area contributed by atoms with E-state index in [1.54, 1.807) is 12.1 Å². The number of rotatable bonds is 2. The molecular formula is C14H17NO3. The lowest BCUT2D eigenvalue weighted by atomic mass is 10.00. The average molecular weight is 247 g/mol. The van der Waals surface area contributed by atoms with Crippen molar-refractivity contribution in [2.24, 2.45) is 0 Å². The van der Waals surface area contributed by atoms with Crippen LogP contribution in [-0.4, -0.2) is 11.5 Å². The fourth-order valence-electron chi connectivity index (χ4n) is 2.12. The van der Waals surface area contributed by atoms with Crippen LogP contribution in [0.1, 0.15) is 37.9 Å². The summed E-state index contributed by atoms with van der Waals surface area (Å²) in [5.41, 5.74) is 2.45. The SMILES string of the molecule is C/C1=C/CCCO[C@H](c2ccc([N+](=O)[O-])cc2)C1. The molecule has 0 bridgehead atoms. The van der Waals surface area contributed by atoms with Gasteiger partial charge >= 0.3 is 0 Å². The lowest BCUT2D eigenvalue weighted by Gasteiger charge is -2.20. The normalized spacial score (nSPS) is 23.6. The van der Waals surface area contributed by atoms with Gasteiger partial charge in [0, 0.05) is 18.7 Å². The van der Waals surface area contributed by atoms with Crippen LogP contribution in [-0.2, 0) is 4.74 Å². The van der Waals surface area contributed by atoms with Crippen molar-refractivity contribution in [3.05, 3.63) is 51.6 Å². The number of hydrogen-bond donors (Lipinski definition) is 0. The molecule has 1 aromatic rings. The summed E-state index contributed by atoms with van der Waals surface area (Å²) in [7, 11) is 0. The van der Waals surface area contributed by atoms with Crippen molar-refractivity contribution < 1.29 is 9.66 Å². The van der Waals surface area contributed by atoms with E-state index in [0.29, 0.717) is 0 Å². The van der Waals surface area contributed by atoms with E-state index >= 15 is 0 Å². The highest BCUT2D eigenvalue weighted by Gasteiger charge is 2.15. The first kappa shape index (κ1) is 12.8. The maximum absolute atomic E-state index is 10.6. The van der Waals surface area contributed by atoms with Gasteiger partial charge in [-0.25, -0.2) is 0 Å². The molecule has 0 unspecified atom stereocenters. The van der Waals surface area contributed by atoms with Gasteiger partial charge in [0.15, 0.2) is 0 Å². The molecule has 0 aromatic heterocycles. The Balaban J connectivity index is 2.16. The topological polar surface area (TPSA) is 52.4 Å². The minimum Gasteiger partial charge on any atom is -0.373 e. The Hall–Kier alpha value is -1.68. The maximum atomic E-state index is 10.6. The lowest BCUT2D eigenvalue weighted by molar-refractivity contribution is -0.384. The Morgan fingerprint density at radius 3 is 2.72 bits per heavy atom. The van der Waals surface area contributed by atoms with Crippen LogP contribution in [0.4, 0.5) is 5.69 Å². The van der Waals surface area contributed by atoms with Crippen LogP contribution in [0.2, 0.25) is 0 Å². The fourth-order valence-corrected chi connectivity index (χ4v) is 2.12. The highest BCUT2D eigenvalue weighted by Crippen LogP contribution is 2.28. The van der Waals surface area contributed by atoms with E-state index in [0.717, 1.165) is 31.4 Å². The summed E-state index contributed by atoms with van der Waals surface area (Å²) in [6.45, 7) is 2.85. The Morgan fingerprint density at radius 2 is 2.06 bits per heavy atom. The quantitative estimate of drug-likeness (QED) is 0.454. The molecule has 0 spiro atoms. The number of benzene rings is 1. The van der Waals surface area contributed by atoms with E-state index < -0.39 is 0 Å². The molecule has 0 saturated heterocycles. The molecule has 0 aliphatic carbocycles. The number of hydrogen-bond acceptors (Lipinski definition) is 3. The Kier molecular flexibility index (Phi) is 4.10. The number of nitro benzene ring substituents is 1. The van der Waals surface area contributed by atoms with E-state index in [-0.39, 0.29) is 16.7 Å². The third-order valence-corrected chi connectivity index (χ3v) is 3.14. The first-order valence-corrected chi connectivity index (χ1v) is 6.18. The van der Waals surface area contributed by atoms with Gasteiger partial charge in [-0.3, -0.25) is 10.1 Å². The van der Waals surface area contributed by atoms with Crippen LogP contribution in [0.3, 0.4) is 0 Å². The van der Waals surface area contributed by atoms with Crippen molar-refractivity contribution in [1.82, 2.24) is 0 Å². The minimum atomic E-state index is -0.381. The van der Waals surface area contributed by atoms with Crippen LogP contribution < -0.4 is 0 Å². The zero-order valence-electron chi connectivity index (χ0n) is 10.5. The molecule has 96 valence electrons. The minimum absolute atomic E-state index is 0.0161. The largest absolute Gasteiger partial charge is 0.373 e. The van der Waals surface area contributed by atoms with Crippen molar-refractivity contribution in [1.29, 1.82) is 0 Å². The molecule has 1 aromatic carbocycles. The molecule has 0 N–H and O–H groups in total. The van der Waals surface area contributed by atoms with Gasteiger partial charge in [-0.1, -0.05) is 11.6 Å². The molecule has 0 radical (unpaired) electrons. The van der Waals surface area contributed by atoms with E-state index in [1.807, 2.05) is 0 Å². The molecule has 1 atom stereocenters. The van der Waals surface area contributed by atoms with E-state index in [1.165, 1.54) is 17.7 Å². The number of nitro groups is 1. The number of allylic oxidation sites excluding steroid dienone is 1. The molecule has 4 heteroatoms. The Bertz CT molecular complexity index is 451. The van der Waals surface area contributed by atoms with Gasteiger partial charge < -0.3 is 4.74 Å². The van der Waals surface area contributed by atoms with Gasteiger partial charge in [-0.15, -0.1) is 0 Å². The fraction of sp³-hybridized carbons (Fsp3) is 0.429. The third-order valence-electron chi connectivity index (χ3n) is 3.14. The van der Waals surface area contributed by atoms with Crippen molar-refractivity contribution in [2.75, 3.05) is 6.61 Å². The summed E-state index contributed by atoms with van der Waals surface area (Å²) < 4.78 is 5.83. The second kappa shape index (κ2) is 5.78. The van der Waals surface area contributed by atoms with E-state index in [2.05, 4.69) is 13.0 Å². The summed E-state index contributed by atoms with van der Waals surface area (Å²) in [6, 6.07) is 6.66. The van der Waals surface area contributed by atoms with Gasteiger partial charge in [0.05, 0.1) is 11.0 Å². The molecule has 1 heterocycles. The standard InChI is InChI=1S/C14H17NO3/c1-11-4-2-3-9-18-14(10-11)12-5-7-13(8-6-12)15(16)17/h4-8,14H,2-3,9-10H2,1H3/b11-4-/t14-/m0/s1.